The quantitative estimate of drug-likeness (QED) is 0.733. The van der Waals surface area contributed by atoms with Crippen molar-refractivity contribution in [2.75, 3.05) is 0 Å². The van der Waals surface area contributed by atoms with Gasteiger partial charge < -0.3 is 0 Å². The predicted octanol–water partition coefficient (Wildman–Crippen LogP) is 3.49. The highest BCUT2D eigenvalue weighted by Gasteiger charge is 2.29. The molecule has 88 valence electrons. The van der Waals surface area contributed by atoms with E-state index in [0.29, 0.717) is 0 Å². The Labute approximate surface area is 120 Å². The highest BCUT2D eigenvalue weighted by Crippen LogP contribution is 2.59. The van der Waals surface area contributed by atoms with E-state index in [-0.39, 0.29) is 0 Å². The van der Waals surface area contributed by atoms with E-state index < -0.39 is 0 Å². The zero-order valence-electron chi connectivity index (χ0n) is 8.73. The van der Waals surface area contributed by atoms with Crippen LogP contribution in [0.2, 0.25) is 0 Å². The lowest BCUT2D eigenvalue weighted by molar-refractivity contribution is 0.930. The largest absolute Gasteiger partial charge is 0.245 e. The molecule has 2 aromatic rings. The molecular formula is C10H4N4S4. The van der Waals surface area contributed by atoms with Crippen molar-refractivity contribution < 1.29 is 0 Å². The molecule has 0 spiro atoms. The number of fused-ring (bicyclic) bond motifs is 2. The monoisotopic (exact) mass is 308 g/mol. The third kappa shape index (κ3) is 1.83. The van der Waals surface area contributed by atoms with Crippen molar-refractivity contribution in [1.82, 2.24) is 19.9 Å². The number of rotatable bonds is 0. The van der Waals surface area contributed by atoms with E-state index in [4.69, 9.17) is 0 Å². The molecule has 0 radical (unpaired) electrons. The van der Waals surface area contributed by atoms with Crippen LogP contribution in [0.25, 0.3) is 0 Å². The lowest BCUT2D eigenvalue weighted by atomic mass is 10.8. The summed E-state index contributed by atoms with van der Waals surface area (Å²) in [5, 5.41) is 3.96. The molecule has 2 aliphatic heterocycles. The summed E-state index contributed by atoms with van der Waals surface area (Å²) in [5.74, 6) is 0. The highest BCUT2D eigenvalue weighted by molar-refractivity contribution is 8.30. The number of nitrogens with zero attached hydrogens (tertiary/aromatic N) is 4. The molecule has 2 aliphatic rings. The molecule has 0 aromatic carbocycles. The fourth-order valence-corrected chi connectivity index (χ4v) is 6.30. The lowest BCUT2D eigenvalue weighted by Crippen LogP contribution is -1.79. The Morgan fingerprint density at radius 2 is 0.778 bits per heavy atom. The van der Waals surface area contributed by atoms with E-state index in [2.05, 4.69) is 19.9 Å². The Balaban J connectivity index is 1.70. The Kier molecular flexibility index (Phi) is 2.75. The van der Waals surface area contributed by atoms with Crippen LogP contribution in [-0.2, 0) is 0 Å². The number of aromatic nitrogens is 4. The molecular weight excluding hydrogens is 304 g/mol. The van der Waals surface area contributed by atoms with Gasteiger partial charge in [0.05, 0.1) is 8.47 Å². The second-order valence-electron chi connectivity index (χ2n) is 3.32. The molecule has 0 N–H and O–H groups in total. The van der Waals surface area contributed by atoms with Crippen molar-refractivity contribution in [3.63, 3.8) is 0 Å². The van der Waals surface area contributed by atoms with Gasteiger partial charge in [-0.25, -0.2) is 19.9 Å². The highest BCUT2D eigenvalue weighted by atomic mass is 32.2. The first-order chi connectivity index (χ1) is 8.90. The Morgan fingerprint density at radius 1 is 0.500 bits per heavy atom. The van der Waals surface area contributed by atoms with Crippen LogP contribution < -0.4 is 0 Å². The van der Waals surface area contributed by atoms with Crippen molar-refractivity contribution in [2.45, 2.75) is 20.1 Å². The molecule has 0 aliphatic carbocycles. The maximum absolute atomic E-state index is 4.33. The number of hydrogen-bond acceptors (Lipinski definition) is 8. The van der Waals surface area contributed by atoms with Crippen LogP contribution in [0.3, 0.4) is 0 Å². The van der Waals surface area contributed by atoms with E-state index in [1.54, 1.807) is 71.8 Å². The first kappa shape index (κ1) is 11.2. The zero-order valence-corrected chi connectivity index (χ0v) is 12.0. The third-order valence-corrected chi connectivity index (χ3v) is 7.49. The molecule has 0 saturated carbocycles. The van der Waals surface area contributed by atoms with Gasteiger partial charge in [0.15, 0.2) is 0 Å². The average Bonchev–Trinajstić information content (AvgIpc) is 3.02. The Morgan fingerprint density at radius 3 is 1.06 bits per heavy atom. The maximum Gasteiger partial charge on any atom is 0.134 e. The first-order valence-corrected chi connectivity index (χ1v) is 8.24. The van der Waals surface area contributed by atoms with Crippen molar-refractivity contribution in [2.24, 2.45) is 0 Å². The normalized spacial score (nSPS) is 16.9. The molecule has 0 saturated heterocycles. The fourth-order valence-electron chi connectivity index (χ4n) is 1.46. The lowest BCUT2D eigenvalue weighted by Gasteiger charge is -1.96. The molecule has 0 bridgehead atoms. The van der Waals surface area contributed by atoms with Crippen LogP contribution in [0, 0.1) is 0 Å². The SMILES string of the molecule is c1cnc2c(n1)SC(=C1Sc3nccnc3S1)S2. The minimum absolute atomic E-state index is 0.989. The van der Waals surface area contributed by atoms with Gasteiger partial charge in [-0.05, 0) is 0 Å². The van der Waals surface area contributed by atoms with Gasteiger partial charge in [0, 0.05) is 24.8 Å². The predicted molar refractivity (Wildman–Crippen MR) is 74.5 cm³/mol. The molecule has 8 heteroatoms. The molecule has 2 aromatic heterocycles. The van der Waals surface area contributed by atoms with E-state index in [9.17, 15) is 0 Å². The van der Waals surface area contributed by atoms with Crippen molar-refractivity contribution in [1.29, 1.82) is 0 Å². The van der Waals surface area contributed by atoms with Gasteiger partial charge >= 0.3 is 0 Å². The van der Waals surface area contributed by atoms with E-state index in [0.717, 1.165) is 20.1 Å². The smallest absolute Gasteiger partial charge is 0.134 e. The topological polar surface area (TPSA) is 51.6 Å². The van der Waals surface area contributed by atoms with Crippen LogP contribution in [0.4, 0.5) is 0 Å². The second kappa shape index (κ2) is 4.44. The van der Waals surface area contributed by atoms with Crippen LogP contribution in [0.1, 0.15) is 0 Å². The molecule has 0 fully saturated rings. The maximum atomic E-state index is 4.33. The van der Waals surface area contributed by atoms with E-state index in [1.165, 1.54) is 8.47 Å². The molecule has 0 atom stereocenters. The molecule has 4 heterocycles. The summed E-state index contributed by atoms with van der Waals surface area (Å²) in [5.41, 5.74) is 0. The fraction of sp³-hybridized carbons (Fsp3) is 0. The van der Waals surface area contributed by atoms with Crippen LogP contribution >= 0.6 is 47.0 Å². The van der Waals surface area contributed by atoms with Gasteiger partial charge in [-0.15, -0.1) is 0 Å². The number of thioether (sulfide) groups is 4. The van der Waals surface area contributed by atoms with Crippen LogP contribution in [-0.4, -0.2) is 19.9 Å². The third-order valence-electron chi connectivity index (χ3n) is 2.19. The summed E-state index contributed by atoms with van der Waals surface area (Å²) in [4.78, 5) is 17.3. The number of hydrogen-bond donors (Lipinski definition) is 0. The standard InChI is InChI=1S/C10H4N4S4/c1-2-12-6-5(11-1)15-9(16-6)10-17-7-8(18-10)14-4-3-13-7/h1-4H. The molecule has 4 nitrogen and oxygen atoms in total. The van der Waals surface area contributed by atoms with Crippen molar-refractivity contribution in [3.8, 4) is 0 Å². The van der Waals surface area contributed by atoms with Crippen molar-refractivity contribution in [3.05, 3.63) is 33.3 Å². The van der Waals surface area contributed by atoms with Crippen LogP contribution in [0.5, 0.6) is 0 Å². The molecule has 4 rings (SSSR count). The molecule has 0 amide bonds. The molecule has 18 heavy (non-hydrogen) atoms. The summed E-state index contributed by atoms with van der Waals surface area (Å²) in [6.07, 6.45) is 6.92. The van der Waals surface area contributed by atoms with E-state index in [1.807, 2.05) is 0 Å². The minimum atomic E-state index is 0.989. The van der Waals surface area contributed by atoms with Gasteiger partial charge in [-0.2, -0.15) is 0 Å². The first-order valence-electron chi connectivity index (χ1n) is 4.98. The zero-order chi connectivity index (χ0) is 11.9. The Hall–Kier alpha value is -0.700. The average molecular weight is 308 g/mol. The van der Waals surface area contributed by atoms with Gasteiger partial charge in [-0.1, -0.05) is 47.0 Å². The summed E-state index contributed by atoms with van der Waals surface area (Å²) < 4.78 is 2.46. The van der Waals surface area contributed by atoms with Gasteiger partial charge in [0.1, 0.15) is 20.1 Å². The van der Waals surface area contributed by atoms with Crippen LogP contribution in [0.15, 0.2) is 53.4 Å². The van der Waals surface area contributed by atoms with Gasteiger partial charge in [-0.3, -0.25) is 0 Å². The molecule has 0 unspecified atom stereocenters. The van der Waals surface area contributed by atoms with Crippen molar-refractivity contribution >= 4 is 47.0 Å². The van der Waals surface area contributed by atoms with E-state index >= 15 is 0 Å². The van der Waals surface area contributed by atoms with Gasteiger partial charge in [0.25, 0.3) is 0 Å². The summed E-state index contributed by atoms with van der Waals surface area (Å²) >= 11 is 6.70. The van der Waals surface area contributed by atoms with Gasteiger partial charge in [0.2, 0.25) is 0 Å². The minimum Gasteiger partial charge on any atom is -0.245 e. The summed E-state index contributed by atoms with van der Waals surface area (Å²) in [6.45, 7) is 0. The second-order valence-corrected chi connectivity index (χ2v) is 7.83. The summed E-state index contributed by atoms with van der Waals surface area (Å²) in [6, 6.07) is 0. The summed E-state index contributed by atoms with van der Waals surface area (Å²) in [7, 11) is 0. The Bertz CT molecular complexity index is 561.